The topological polar surface area (TPSA) is 32.8 Å². The van der Waals surface area contributed by atoms with Crippen molar-refractivity contribution in [3.8, 4) is 5.75 Å². The summed E-state index contributed by atoms with van der Waals surface area (Å²) >= 11 is 0. The first-order valence-corrected chi connectivity index (χ1v) is 10.9. The van der Waals surface area contributed by atoms with Crippen LogP contribution >= 0.6 is 0 Å². The van der Waals surface area contributed by atoms with Gasteiger partial charge in [0.15, 0.2) is 0 Å². The fourth-order valence-electron chi connectivity index (χ4n) is 3.82. The molecule has 0 bridgehead atoms. The maximum atomic E-state index is 13.3. The molecule has 0 heterocycles. The molecule has 0 aliphatic carbocycles. The van der Waals surface area contributed by atoms with Gasteiger partial charge in [0.05, 0.1) is 13.2 Å². The summed E-state index contributed by atoms with van der Waals surface area (Å²) in [6.07, 6.45) is 1.56. The summed E-state index contributed by atoms with van der Waals surface area (Å²) in [7, 11) is 4.06. The maximum absolute atomic E-state index is 13.3. The quantitative estimate of drug-likeness (QED) is 0.497. The third kappa shape index (κ3) is 7.40. The largest absolute Gasteiger partial charge is 0.494 e. The van der Waals surface area contributed by atoms with Crippen molar-refractivity contribution in [2.24, 2.45) is 11.3 Å². The highest BCUT2D eigenvalue weighted by Gasteiger charge is 2.22. The van der Waals surface area contributed by atoms with Crippen molar-refractivity contribution in [1.82, 2.24) is 0 Å². The van der Waals surface area contributed by atoms with Gasteiger partial charge >= 0.3 is 0 Å². The summed E-state index contributed by atoms with van der Waals surface area (Å²) in [5.41, 5.74) is 3.39. The molecule has 0 aliphatic rings. The van der Waals surface area contributed by atoms with E-state index in [-0.39, 0.29) is 11.3 Å². The molecule has 0 fully saturated rings. The van der Waals surface area contributed by atoms with Gasteiger partial charge in [-0.15, -0.1) is 0 Å². The summed E-state index contributed by atoms with van der Waals surface area (Å²) in [6.45, 7) is 12.0. The molecule has 0 saturated heterocycles. The fourth-order valence-corrected chi connectivity index (χ4v) is 3.82. The molecule has 0 saturated carbocycles. The van der Waals surface area contributed by atoms with Crippen molar-refractivity contribution in [1.29, 1.82) is 0 Å². The summed E-state index contributed by atoms with van der Waals surface area (Å²) in [4.78, 5) is 17.3. The minimum Gasteiger partial charge on any atom is -0.494 e. The zero-order chi connectivity index (χ0) is 22.3. The first-order valence-electron chi connectivity index (χ1n) is 10.9. The SMILES string of the molecule is CCOc1ccc(N(Cc2ccc(N(C)C)cc2)C(=O)CC(C)CC(C)(C)C)cc1. The molecular weight excluding hydrogens is 372 g/mol. The van der Waals surface area contributed by atoms with Gasteiger partial charge in [0.25, 0.3) is 0 Å². The molecule has 0 spiro atoms. The molecule has 4 nitrogen and oxygen atoms in total. The summed E-state index contributed by atoms with van der Waals surface area (Å²) in [6, 6.07) is 16.2. The van der Waals surface area contributed by atoms with Crippen molar-refractivity contribution < 1.29 is 9.53 Å². The van der Waals surface area contributed by atoms with Gasteiger partial charge in [0, 0.05) is 31.9 Å². The Morgan fingerprint density at radius 3 is 2.03 bits per heavy atom. The highest BCUT2D eigenvalue weighted by molar-refractivity contribution is 5.93. The van der Waals surface area contributed by atoms with Crippen molar-refractivity contribution >= 4 is 17.3 Å². The van der Waals surface area contributed by atoms with Crippen LogP contribution in [-0.2, 0) is 11.3 Å². The molecular formula is C26H38N2O2. The van der Waals surface area contributed by atoms with E-state index < -0.39 is 0 Å². The van der Waals surface area contributed by atoms with Gasteiger partial charge in [-0.1, -0.05) is 39.8 Å². The van der Waals surface area contributed by atoms with Gasteiger partial charge < -0.3 is 14.5 Å². The monoisotopic (exact) mass is 410 g/mol. The molecule has 1 amide bonds. The zero-order valence-electron chi connectivity index (χ0n) is 19.7. The lowest BCUT2D eigenvalue weighted by Crippen LogP contribution is -2.32. The van der Waals surface area contributed by atoms with E-state index in [4.69, 9.17) is 4.74 Å². The molecule has 0 aromatic heterocycles. The summed E-state index contributed by atoms with van der Waals surface area (Å²) in [5, 5.41) is 0. The van der Waals surface area contributed by atoms with E-state index in [9.17, 15) is 4.79 Å². The van der Waals surface area contributed by atoms with Crippen molar-refractivity contribution in [2.75, 3.05) is 30.5 Å². The number of carbonyl (C=O) groups is 1. The molecule has 1 unspecified atom stereocenters. The Morgan fingerprint density at radius 2 is 1.53 bits per heavy atom. The number of rotatable bonds is 9. The Balaban J connectivity index is 2.23. The van der Waals surface area contributed by atoms with Crippen molar-refractivity contribution in [3.63, 3.8) is 0 Å². The van der Waals surface area contributed by atoms with E-state index in [1.807, 2.05) is 50.2 Å². The minimum atomic E-state index is 0.160. The van der Waals surface area contributed by atoms with E-state index in [0.717, 1.165) is 29.1 Å². The van der Waals surface area contributed by atoms with Gasteiger partial charge in [0.1, 0.15) is 5.75 Å². The Bertz CT molecular complexity index is 789. The number of anilines is 2. The van der Waals surface area contributed by atoms with Gasteiger partial charge in [-0.2, -0.15) is 0 Å². The standard InChI is InChI=1S/C26H38N2O2/c1-8-30-24-15-13-23(14-16-24)28(25(29)17-20(2)18-26(3,4)5)19-21-9-11-22(12-10-21)27(6)7/h9-16,20H,8,17-19H2,1-7H3. The highest BCUT2D eigenvalue weighted by Crippen LogP contribution is 2.28. The predicted molar refractivity (Wildman–Crippen MR) is 127 cm³/mol. The third-order valence-corrected chi connectivity index (χ3v) is 5.04. The molecule has 0 aliphatic heterocycles. The van der Waals surface area contributed by atoms with Crippen LogP contribution in [0.25, 0.3) is 0 Å². The van der Waals surface area contributed by atoms with Gasteiger partial charge in [-0.3, -0.25) is 4.79 Å². The van der Waals surface area contributed by atoms with Crippen LogP contribution in [-0.4, -0.2) is 26.6 Å². The first-order chi connectivity index (χ1) is 14.1. The Morgan fingerprint density at radius 1 is 0.967 bits per heavy atom. The Hall–Kier alpha value is -2.49. The van der Waals surface area contributed by atoms with Crippen LogP contribution in [0.4, 0.5) is 11.4 Å². The van der Waals surface area contributed by atoms with Gasteiger partial charge in [0.2, 0.25) is 5.91 Å². The second-order valence-corrected chi connectivity index (χ2v) is 9.54. The second-order valence-electron chi connectivity index (χ2n) is 9.54. The summed E-state index contributed by atoms with van der Waals surface area (Å²) < 4.78 is 5.57. The molecule has 164 valence electrons. The molecule has 1 atom stereocenters. The lowest BCUT2D eigenvalue weighted by molar-refractivity contribution is -0.119. The smallest absolute Gasteiger partial charge is 0.227 e. The van der Waals surface area contributed by atoms with Crippen LogP contribution in [0, 0.1) is 11.3 Å². The number of ether oxygens (including phenoxy) is 1. The number of amides is 1. The number of benzene rings is 2. The number of hydrogen-bond donors (Lipinski definition) is 0. The molecule has 2 aromatic carbocycles. The third-order valence-electron chi connectivity index (χ3n) is 5.04. The molecule has 0 N–H and O–H groups in total. The molecule has 4 heteroatoms. The number of hydrogen-bond acceptors (Lipinski definition) is 3. The van der Waals surface area contributed by atoms with E-state index in [1.165, 1.54) is 0 Å². The van der Waals surface area contributed by atoms with E-state index >= 15 is 0 Å². The van der Waals surface area contributed by atoms with Crippen LogP contribution in [0.2, 0.25) is 0 Å². The van der Waals surface area contributed by atoms with Crippen LogP contribution < -0.4 is 14.5 Å². The van der Waals surface area contributed by atoms with Crippen LogP contribution in [0.5, 0.6) is 5.75 Å². The second kappa shape index (κ2) is 10.5. The number of carbonyl (C=O) groups excluding carboxylic acids is 1. The summed E-state index contributed by atoms with van der Waals surface area (Å²) in [5.74, 6) is 1.32. The average molecular weight is 411 g/mol. The van der Waals surface area contributed by atoms with Crippen LogP contribution in [0.3, 0.4) is 0 Å². The average Bonchev–Trinajstić information content (AvgIpc) is 2.66. The molecule has 2 aromatic rings. The zero-order valence-corrected chi connectivity index (χ0v) is 19.7. The van der Waals surface area contributed by atoms with Gasteiger partial charge in [-0.05, 0) is 66.6 Å². The van der Waals surface area contributed by atoms with Gasteiger partial charge in [-0.25, -0.2) is 0 Å². The fraction of sp³-hybridized carbons (Fsp3) is 0.500. The maximum Gasteiger partial charge on any atom is 0.227 e. The van der Waals surface area contributed by atoms with Crippen molar-refractivity contribution in [3.05, 3.63) is 54.1 Å². The Labute approximate surface area is 182 Å². The number of nitrogens with zero attached hydrogens (tertiary/aromatic N) is 2. The molecule has 2 rings (SSSR count). The Kier molecular flexibility index (Phi) is 8.33. The van der Waals surface area contributed by atoms with E-state index in [0.29, 0.717) is 25.5 Å². The van der Waals surface area contributed by atoms with Crippen LogP contribution in [0.1, 0.15) is 53.0 Å². The van der Waals surface area contributed by atoms with E-state index in [2.05, 4.69) is 56.9 Å². The molecule has 0 radical (unpaired) electrons. The highest BCUT2D eigenvalue weighted by atomic mass is 16.5. The van der Waals surface area contributed by atoms with E-state index in [1.54, 1.807) is 0 Å². The lowest BCUT2D eigenvalue weighted by atomic mass is 9.84. The van der Waals surface area contributed by atoms with Crippen molar-refractivity contribution in [2.45, 2.75) is 54.0 Å². The lowest BCUT2D eigenvalue weighted by Gasteiger charge is -2.27. The normalized spacial score (nSPS) is 12.4. The van der Waals surface area contributed by atoms with Crippen LogP contribution in [0.15, 0.2) is 48.5 Å². The first kappa shape index (κ1) is 23.8. The minimum absolute atomic E-state index is 0.160. The predicted octanol–water partition coefficient (Wildman–Crippen LogP) is 6.15. The molecule has 30 heavy (non-hydrogen) atoms.